The number of carbonyl (C=O) groups is 1. The number of hydrogen-bond donors (Lipinski definition) is 0. The van der Waals surface area contributed by atoms with Crippen molar-refractivity contribution < 1.29 is 9.53 Å². The second-order valence-electron chi connectivity index (χ2n) is 3.15. The molecule has 2 aromatic rings. The van der Waals surface area contributed by atoms with E-state index in [-0.39, 0.29) is 0 Å². The fraction of sp³-hybridized carbons (Fsp3) is 0.0909. The molecular weight excluding hydrogens is 326 g/mol. The maximum Gasteiger partial charge on any atom is 0.358 e. The number of carbonyl (C=O) groups excluding carboxylic acids is 1. The predicted octanol–water partition coefficient (Wildman–Crippen LogP) is 4.01. The van der Waals surface area contributed by atoms with Crippen LogP contribution in [-0.4, -0.2) is 18.1 Å². The van der Waals surface area contributed by atoms with Crippen LogP contribution in [0, 0.1) is 0 Å². The lowest BCUT2D eigenvalue weighted by molar-refractivity contribution is 0.0596. The van der Waals surface area contributed by atoms with Crippen molar-refractivity contribution in [3.05, 3.63) is 38.9 Å². The molecule has 0 radical (unpaired) electrons. The van der Waals surface area contributed by atoms with Crippen molar-refractivity contribution in [3.8, 4) is 10.4 Å². The maximum atomic E-state index is 11.5. The Morgan fingerprint density at radius 1 is 1.53 bits per heavy atom. The van der Waals surface area contributed by atoms with Gasteiger partial charge in [-0.3, -0.25) is 0 Å². The Balaban J connectivity index is 2.50. The van der Waals surface area contributed by atoms with E-state index in [1.165, 1.54) is 18.4 Å². The Morgan fingerprint density at radius 3 is 2.94 bits per heavy atom. The minimum absolute atomic E-state index is 0.326. The van der Waals surface area contributed by atoms with Crippen LogP contribution in [0.25, 0.3) is 10.4 Å². The first-order valence-electron chi connectivity index (χ1n) is 4.60. The van der Waals surface area contributed by atoms with Crippen LogP contribution in [0.4, 0.5) is 0 Å². The quantitative estimate of drug-likeness (QED) is 0.780. The van der Waals surface area contributed by atoms with Gasteiger partial charge in [-0.15, -0.1) is 11.3 Å². The number of esters is 1. The number of methoxy groups -OCH3 is 1. The number of ether oxygens (including phenoxy) is 1. The third-order valence-electron chi connectivity index (χ3n) is 2.13. The summed E-state index contributed by atoms with van der Waals surface area (Å²) >= 11 is 10.7. The van der Waals surface area contributed by atoms with Crippen LogP contribution in [-0.2, 0) is 4.74 Å². The predicted molar refractivity (Wildman–Crippen MR) is 71.6 cm³/mol. The normalized spacial score (nSPS) is 10.3. The third kappa shape index (κ3) is 2.51. The highest BCUT2D eigenvalue weighted by Gasteiger charge is 2.17. The van der Waals surface area contributed by atoms with Crippen LogP contribution in [0.1, 0.15) is 10.5 Å². The van der Waals surface area contributed by atoms with Crippen molar-refractivity contribution in [2.45, 2.75) is 0 Å². The molecule has 1 heterocycles. The minimum atomic E-state index is -0.438. The minimum Gasteiger partial charge on any atom is -0.464 e. The van der Waals surface area contributed by atoms with Gasteiger partial charge in [-0.2, -0.15) is 0 Å². The summed E-state index contributed by atoms with van der Waals surface area (Å²) in [6, 6.07) is 5.46. The Hall–Kier alpha value is -0.910. The van der Waals surface area contributed by atoms with E-state index in [2.05, 4.69) is 25.7 Å². The molecule has 88 valence electrons. The lowest BCUT2D eigenvalue weighted by atomic mass is 10.1. The molecule has 0 aliphatic rings. The smallest absolute Gasteiger partial charge is 0.358 e. The molecule has 0 atom stereocenters. The number of nitrogens with zero attached hydrogens (tertiary/aromatic N) is 1. The number of benzene rings is 1. The molecule has 1 aromatic carbocycles. The Bertz CT molecular complexity index is 570. The van der Waals surface area contributed by atoms with E-state index in [9.17, 15) is 4.79 Å². The molecule has 2 rings (SSSR count). The van der Waals surface area contributed by atoms with E-state index in [1.807, 2.05) is 12.1 Å². The molecule has 0 aliphatic heterocycles. The first-order chi connectivity index (χ1) is 8.13. The molecule has 0 aliphatic carbocycles. The lowest BCUT2D eigenvalue weighted by Gasteiger charge is -2.03. The molecule has 17 heavy (non-hydrogen) atoms. The average Bonchev–Trinajstić information content (AvgIpc) is 2.80. The van der Waals surface area contributed by atoms with Crippen LogP contribution in [0.15, 0.2) is 28.2 Å². The molecule has 0 saturated carbocycles. The number of aromatic nitrogens is 1. The van der Waals surface area contributed by atoms with Crippen molar-refractivity contribution >= 4 is 44.8 Å². The highest BCUT2D eigenvalue weighted by Crippen LogP contribution is 2.33. The molecule has 0 bridgehead atoms. The highest BCUT2D eigenvalue weighted by atomic mass is 79.9. The van der Waals surface area contributed by atoms with Crippen molar-refractivity contribution in [2.75, 3.05) is 7.11 Å². The van der Waals surface area contributed by atoms with Crippen molar-refractivity contribution in [1.82, 2.24) is 4.98 Å². The summed E-state index contributed by atoms with van der Waals surface area (Å²) in [5, 5.41) is 0.623. The summed E-state index contributed by atoms with van der Waals surface area (Å²) in [5.74, 6) is -0.438. The molecule has 0 N–H and O–H groups in total. The van der Waals surface area contributed by atoms with E-state index in [0.717, 1.165) is 14.9 Å². The van der Waals surface area contributed by atoms with E-state index < -0.39 is 5.97 Å². The zero-order chi connectivity index (χ0) is 12.4. The van der Waals surface area contributed by atoms with Gasteiger partial charge in [0.05, 0.1) is 22.5 Å². The van der Waals surface area contributed by atoms with Crippen LogP contribution in [0.2, 0.25) is 5.02 Å². The molecular formula is C11H7BrClNO2S. The molecule has 0 amide bonds. The summed E-state index contributed by atoms with van der Waals surface area (Å²) in [4.78, 5) is 16.3. The Morgan fingerprint density at radius 2 is 2.29 bits per heavy atom. The Kier molecular flexibility index (Phi) is 3.81. The van der Waals surface area contributed by atoms with Crippen LogP contribution < -0.4 is 0 Å². The van der Waals surface area contributed by atoms with Gasteiger partial charge < -0.3 is 4.74 Å². The van der Waals surface area contributed by atoms with Gasteiger partial charge in [0.15, 0.2) is 5.69 Å². The fourth-order valence-electron chi connectivity index (χ4n) is 1.33. The van der Waals surface area contributed by atoms with Gasteiger partial charge in [0.25, 0.3) is 0 Å². The summed E-state index contributed by atoms with van der Waals surface area (Å²) in [6.45, 7) is 0. The standard InChI is InChI=1S/C11H7BrClNO2S/c1-16-11(15)9-10(17-5-14-9)6-2-3-8(13)7(12)4-6/h2-5H,1H3. The second kappa shape index (κ2) is 5.16. The van der Waals surface area contributed by atoms with E-state index in [0.29, 0.717) is 10.7 Å². The number of hydrogen-bond acceptors (Lipinski definition) is 4. The Labute approximate surface area is 116 Å². The van der Waals surface area contributed by atoms with Gasteiger partial charge in [-0.05, 0) is 33.6 Å². The van der Waals surface area contributed by atoms with Gasteiger partial charge in [0, 0.05) is 4.47 Å². The summed E-state index contributed by atoms with van der Waals surface area (Å²) in [5.41, 5.74) is 2.82. The molecule has 0 unspecified atom stereocenters. The number of halogens is 2. The first kappa shape index (κ1) is 12.5. The first-order valence-corrected chi connectivity index (χ1v) is 6.65. The molecule has 3 nitrogen and oxygen atoms in total. The molecule has 0 saturated heterocycles. The molecule has 0 spiro atoms. The number of rotatable bonds is 2. The SMILES string of the molecule is COC(=O)c1ncsc1-c1ccc(Cl)c(Br)c1. The second-order valence-corrected chi connectivity index (χ2v) is 5.27. The summed E-state index contributed by atoms with van der Waals surface area (Å²) < 4.78 is 5.46. The lowest BCUT2D eigenvalue weighted by Crippen LogP contribution is -2.02. The van der Waals surface area contributed by atoms with Crippen molar-refractivity contribution in [1.29, 1.82) is 0 Å². The van der Waals surface area contributed by atoms with E-state index in [1.54, 1.807) is 11.6 Å². The number of thiazole rings is 1. The van der Waals surface area contributed by atoms with Crippen LogP contribution in [0.5, 0.6) is 0 Å². The van der Waals surface area contributed by atoms with Crippen molar-refractivity contribution in [2.24, 2.45) is 0 Å². The average molecular weight is 333 g/mol. The van der Waals surface area contributed by atoms with Crippen LogP contribution >= 0.6 is 38.9 Å². The van der Waals surface area contributed by atoms with Gasteiger partial charge in [-0.1, -0.05) is 17.7 Å². The van der Waals surface area contributed by atoms with Gasteiger partial charge in [-0.25, -0.2) is 9.78 Å². The van der Waals surface area contributed by atoms with Gasteiger partial charge >= 0.3 is 5.97 Å². The highest BCUT2D eigenvalue weighted by molar-refractivity contribution is 9.10. The largest absolute Gasteiger partial charge is 0.464 e. The van der Waals surface area contributed by atoms with Gasteiger partial charge in [0.2, 0.25) is 0 Å². The van der Waals surface area contributed by atoms with E-state index in [4.69, 9.17) is 11.6 Å². The molecule has 1 aromatic heterocycles. The zero-order valence-electron chi connectivity index (χ0n) is 8.74. The van der Waals surface area contributed by atoms with E-state index >= 15 is 0 Å². The molecule has 0 fully saturated rings. The topological polar surface area (TPSA) is 39.2 Å². The maximum absolute atomic E-state index is 11.5. The fourth-order valence-corrected chi connectivity index (χ4v) is 2.60. The van der Waals surface area contributed by atoms with Gasteiger partial charge in [0.1, 0.15) is 0 Å². The molecule has 6 heteroatoms. The third-order valence-corrected chi connectivity index (χ3v) is 4.22. The van der Waals surface area contributed by atoms with Crippen LogP contribution in [0.3, 0.4) is 0 Å². The van der Waals surface area contributed by atoms with Crippen molar-refractivity contribution in [3.63, 3.8) is 0 Å². The zero-order valence-corrected chi connectivity index (χ0v) is 11.9. The summed E-state index contributed by atoms with van der Waals surface area (Å²) in [6.07, 6.45) is 0. The summed E-state index contributed by atoms with van der Waals surface area (Å²) in [7, 11) is 1.34. The monoisotopic (exact) mass is 331 g/mol.